The van der Waals surface area contributed by atoms with Crippen LogP contribution in [0.4, 0.5) is 5.69 Å². The van der Waals surface area contributed by atoms with E-state index in [-0.39, 0.29) is 0 Å². The normalized spacial score (nSPS) is 11.1. The van der Waals surface area contributed by atoms with Gasteiger partial charge >= 0.3 is 5.97 Å². The highest BCUT2D eigenvalue weighted by Gasteiger charge is 2.26. The van der Waals surface area contributed by atoms with Gasteiger partial charge in [0.25, 0.3) is 0 Å². The molecule has 2 aromatic carbocycles. The number of rotatable bonds is 5. The van der Waals surface area contributed by atoms with Crippen LogP contribution in [0.5, 0.6) is 0 Å². The first-order chi connectivity index (χ1) is 9.47. The van der Waals surface area contributed by atoms with Gasteiger partial charge in [-0.05, 0) is 50.2 Å². The lowest BCUT2D eigenvalue weighted by Crippen LogP contribution is -2.39. The van der Waals surface area contributed by atoms with Crippen molar-refractivity contribution in [1.82, 2.24) is 0 Å². The molecule has 0 bridgehead atoms. The Bertz CT molecular complexity index is 579. The standard InChI is InChI=1S/C16H17NO2S/c1-16(2,15(18)19)17-12-8-10-14(11-9-12)20-13-6-4-3-5-7-13/h3-11,17H,1-2H3,(H,18,19). The highest BCUT2D eigenvalue weighted by Crippen LogP contribution is 2.28. The molecule has 0 radical (unpaired) electrons. The fourth-order valence-corrected chi connectivity index (χ4v) is 2.48. The SMILES string of the molecule is CC(C)(Nc1ccc(Sc2ccccc2)cc1)C(=O)O. The second-order valence-electron chi connectivity index (χ2n) is 4.99. The molecule has 0 unspecified atom stereocenters. The molecule has 0 aromatic heterocycles. The van der Waals surface area contributed by atoms with Crippen LogP contribution in [0.1, 0.15) is 13.8 Å². The van der Waals surface area contributed by atoms with Crippen LogP contribution in [0.25, 0.3) is 0 Å². The Hall–Kier alpha value is -1.94. The summed E-state index contributed by atoms with van der Waals surface area (Å²) in [4.78, 5) is 13.4. The summed E-state index contributed by atoms with van der Waals surface area (Å²) in [5.74, 6) is -0.875. The summed E-state index contributed by atoms with van der Waals surface area (Å²) < 4.78 is 0. The summed E-state index contributed by atoms with van der Waals surface area (Å²) in [6, 6.07) is 17.9. The van der Waals surface area contributed by atoms with Gasteiger partial charge in [-0.2, -0.15) is 0 Å². The Morgan fingerprint density at radius 2 is 1.55 bits per heavy atom. The van der Waals surface area contributed by atoms with E-state index < -0.39 is 11.5 Å². The number of aliphatic carboxylic acids is 1. The Labute approximate surface area is 123 Å². The van der Waals surface area contributed by atoms with Crippen LogP contribution in [0, 0.1) is 0 Å². The van der Waals surface area contributed by atoms with Crippen LogP contribution in [-0.4, -0.2) is 16.6 Å². The first-order valence-corrected chi connectivity index (χ1v) is 7.13. The van der Waals surface area contributed by atoms with E-state index in [9.17, 15) is 4.79 Å². The molecule has 0 amide bonds. The summed E-state index contributed by atoms with van der Waals surface area (Å²) >= 11 is 1.68. The number of carboxylic acids is 1. The number of carboxylic acid groups (broad SMARTS) is 1. The van der Waals surface area contributed by atoms with Crippen LogP contribution < -0.4 is 5.32 Å². The van der Waals surface area contributed by atoms with Gasteiger partial charge in [0, 0.05) is 15.5 Å². The molecular formula is C16H17NO2S. The van der Waals surface area contributed by atoms with Gasteiger partial charge in [0.05, 0.1) is 0 Å². The molecule has 0 aliphatic rings. The van der Waals surface area contributed by atoms with Crippen molar-refractivity contribution in [3.05, 3.63) is 54.6 Å². The molecule has 2 N–H and O–H groups in total. The summed E-state index contributed by atoms with van der Waals surface area (Å²) in [7, 11) is 0. The number of nitrogens with one attached hydrogen (secondary N) is 1. The number of carbonyl (C=O) groups is 1. The molecule has 2 aromatic rings. The number of benzene rings is 2. The lowest BCUT2D eigenvalue weighted by atomic mass is 10.1. The van der Waals surface area contributed by atoms with Crippen molar-refractivity contribution >= 4 is 23.4 Å². The molecule has 0 atom stereocenters. The molecule has 20 heavy (non-hydrogen) atoms. The first-order valence-electron chi connectivity index (χ1n) is 6.32. The van der Waals surface area contributed by atoms with E-state index in [1.54, 1.807) is 25.6 Å². The van der Waals surface area contributed by atoms with Crippen LogP contribution in [0.2, 0.25) is 0 Å². The zero-order valence-corrected chi connectivity index (χ0v) is 12.3. The van der Waals surface area contributed by atoms with Crippen molar-refractivity contribution in [2.45, 2.75) is 29.2 Å². The van der Waals surface area contributed by atoms with Crippen molar-refractivity contribution in [1.29, 1.82) is 0 Å². The van der Waals surface area contributed by atoms with Crippen molar-refractivity contribution in [3.63, 3.8) is 0 Å². The van der Waals surface area contributed by atoms with E-state index in [0.717, 1.165) is 10.6 Å². The van der Waals surface area contributed by atoms with Crippen LogP contribution in [0.3, 0.4) is 0 Å². The van der Waals surface area contributed by atoms with Crippen LogP contribution in [-0.2, 0) is 4.79 Å². The summed E-state index contributed by atoms with van der Waals surface area (Å²) in [6.07, 6.45) is 0. The molecule has 104 valence electrons. The summed E-state index contributed by atoms with van der Waals surface area (Å²) in [5.41, 5.74) is -0.177. The highest BCUT2D eigenvalue weighted by molar-refractivity contribution is 7.99. The minimum atomic E-state index is -0.978. The number of hydrogen-bond acceptors (Lipinski definition) is 3. The summed E-state index contributed by atoms with van der Waals surface area (Å²) in [6.45, 7) is 3.28. The lowest BCUT2D eigenvalue weighted by molar-refractivity contribution is -0.141. The maximum atomic E-state index is 11.1. The molecule has 0 heterocycles. The van der Waals surface area contributed by atoms with Gasteiger partial charge in [0.1, 0.15) is 5.54 Å². The maximum absolute atomic E-state index is 11.1. The van der Waals surface area contributed by atoms with Crippen LogP contribution in [0.15, 0.2) is 64.4 Å². The Morgan fingerprint density at radius 1 is 1.00 bits per heavy atom. The molecule has 2 rings (SSSR count). The minimum Gasteiger partial charge on any atom is -0.480 e. The molecule has 4 heteroatoms. The molecule has 3 nitrogen and oxygen atoms in total. The van der Waals surface area contributed by atoms with E-state index in [0.29, 0.717) is 0 Å². The van der Waals surface area contributed by atoms with Gasteiger partial charge in [-0.15, -0.1) is 0 Å². The minimum absolute atomic E-state index is 0.801. The second-order valence-corrected chi connectivity index (χ2v) is 6.14. The Morgan fingerprint density at radius 3 is 2.10 bits per heavy atom. The topological polar surface area (TPSA) is 49.3 Å². The lowest BCUT2D eigenvalue weighted by Gasteiger charge is -2.22. The Balaban J connectivity index is 2.05. The predicted octanol–water partition coefficient (Wildman–Crippen LogP) is 4.11. The largest absolute Gasteiger partial charge is 0.480 e. The molecule has 0 spiro atoms. The van der Waals surface area contributed by atoms with Gasteiger partial charge in [-0.3, -0.25) is 0 Å². The third-order valence-corrected chi connectivity index (χ3v) is 3.84. The molecule has 0 aliphatic heterocycles. The van der Waals surface area contributed by atoms with Gasteiger partial charge in [0.15, 0.2) is 0 Å². The predicted molar refractivity (Wildman–Crippen MR) is 82.3 cm³/mol. The van der Waals surface area contributed by atoms with E-state index in [1.807, 2.05) is 42.5 Å². The third kappa shape index (κ3) is 3.78. The highest BCUT2D eigenvalue weighted by atomic mass is 32.2. The molecule has 0 saturated heterocycles. The van der Waals surface area contributed by atoms with Crippen LogP contribution >= 0.6 is 11.8 Å². The molecular weight excluding hydrogens is 270 g/mol. The molecule has 0 aliphatic carbocycles. The van der Waals surface area contributed by atoms with Crippen molar-refractivity contribution in [2.75, 3.05) is 5.32 Å². The number of hydrogen-bond donors (Lipinski definition) is 2. The van der Waals surface area contributed by atoms with E-state index in [1.165, 1.54) is 4.90 Å². The zero-order valence-electron chi connectivity index (χ0n) is 11.5. The summed E-state index contributed by atoms with van der Waals surface area (Å²) in [5, 5.41) is 12.1. The van der Waals surface area contributed by atoms with E-state index >= 15 is 0 Å². The first kappa shape index (κ1) is 14.5. The average Bonchev–Trinajstić information content (AvgIpc) is 2.42. The number of anilines is 1. The third-order valence-electron chi connectivity index (χ3n) is 2.82. The van der Waals surface area contributed by atoms with Gasteiger partial charge < -0.3 is 10.4 Å². The van der Waals surface area contributed by atoms with Crippen molar-refractivity contribution in [2.24, 2.45) is 0 Å². The quantitative estimate of drug-likeness (QED) is 0.868. The van der Waals surface area contributed by atoms with Crippen molar-refractivity contribution in [3.8, 4) is 0 Å². The second kappa shape index (κ2) is 6.01. The zero-order chi connectivity index (χ0) is 14.6. The van der Waals surface area contributed by atoms with E-state index in [2.05, 4.69) is 17.4 Å². The monoisotopic (exact) mass is 287 g/mol. The smallest absolute Gasteiger partial charge is 0.328 e. The average molecular weight is 287 g/mol. The van der Waals surface area contributed by atoms with Gasteiger partial charge in [-0.25, -0.2) is 4.79 Å². The van der Waals surface area contributed by atoms with E-state index in [4.69, 9.17) is 5.11 Å². The van der Waals surface area contributed by atoms with Gasteiger partial charge in [0.2, 0.25) is 0 Å². The molecule has 0 fully saturated rings. The molecule has 0 saturated carbocycles. The Kier molecular flexibility index (Phi) is 4.35. The van der Waals surface area contributed by atoms with Gasteiger partial charge in [-0.1, -0.05) is 30.0 Å². The fourth-order valence-electron chi connectivity index (χ4n) is 1.65. The van der Waals surface area contributed by atoms with Crippen molar-refractivity contribution < 1.29 is 9.90 Å². The fraction of sp³-hybridized carbons (Fsp3) is 0.188. The maximum Gasteiger partial charge on any atom is 0.328 e.